The van der Waals surface area contributed by atoms with Gasteiger partial charge in [0.05, 0.1) is 6.61 Å². The molecule has 0 radical (unpaired) electrons. The van der Waals surface area contributed by atoms with Crippen molar-refractivity contribution in [1.82, 2.24) is 4.98 Å². The first-order valence-corrected chi connectivity index (χ1v) is 7.89. The molecule has 1 heterocycles. The highest BCUT2D eigenvalue weighted by molar-refractivity contribution is 7.99. The Balaban J connectivity index is 2.44. The number of carboxylic acids is 1. The molecule has 21 heavy (non-hydrogen) atoms. The van der Waals surface area contributed by atoms with E-state index in [1.165, 1.54) is 0 Å². The molecule has 2 rings (SSSR count). The van der Waals surface area contributed by atoms with Gasteiger partial charge in [-0.15, -0.1) is 0 Å². The van der Waals surface area contributed by atoms with Gasteiger partial charge < -0.3 is 15.5 Å². The summed E-state index contributed by atoms with van der Waals surface area (Å²) in [6.07, 6.45) is 1.93. The van der Waals surface area contributed by atoms with Gasteiger partial charge in [-0.25, -0.2) is 9.78 Å². The van der Waals surface area contributed by atoms with E-state index in [1.54, 1.807) is 17.8 Å². The van der Waals surface area contributed by atoms with Gasteiger partial charge in [0, 0.05) is 16.7 Å². The summed E-state index contributed by atoms with van der Waals surface area (Å²) in [5, 5.41) is 23.5. The molecular formula is C15H18N2O3S. The number of rotatable bonds is 6. The minimum Gasteiger partial charge on any atom is -0.477 e. The standard InChI is InChI=1S/C15H18N2O3S/c1-9(13(8-18)21-2)16-14-11-6-4-3-5-10(11)7-12(17-14)15(19)20/h3-7,9,13,18H,8H2,1-2H3,(H,16,17)(H,19,20). The van der Waals surface area contributed by atoms with E-state index in [0.717, 1.165) is 10.8 Å². The van der Waals surface area contributed by atoms with Crippen molar-refractivity contribution in [1.29, 1.82) is 0 Å². The highest BCUT2D eigenvalue weighted by atomic mass is 32.2. The summed E-state index contributed by atoms with van der Waals surface area (Å²) in [6.45, 7) is 1.99. The number of aromatic nitrogens is 1. The van der Waals surface area contributed by atoms with E-state index in [4.69, 9.17) is 5.11 Å². The number of aliphatic hydroxyl groups is 1. The predicted molar refractivity (Wildman–Crippen MR) is 86.2 cm³/mol. The normalized spacial score (nSPS) is 13.9. The lowest BCUT2D eigenvalue weighted by molar-refractivity contribution is 0.0691. The number of hydrogen-bond acceptors (Lipinski definition) is 5. The van der Waals surface area contributed by atoms with Gasteiger partial charge in [-0.3, -0.25) is 0 Å². The second-order valence-electron chi connectivity index (χ2n) is 4.77. The number of aliphatic hydroxyl groups excluding tert-OH is 1. The lowest BCUT2D eigenvalue weighted by Gasteiger charge is -2.22. The van der Waals surface area contributed by atoms with Crippen molar-refractivity contribution < 1.29 is 15.0 Å². The average Bonchev–Trinajstić information content (AvgIpc) is 2.48. The van der Waals surface area contributed by atoms with Crippen molar-refractivity contribution in [2.75, 3.05) is 18.2 Å². The van der Waals surface area contributed by atoms with Gasteiger partial charge in [0.1, 0.15) is 5.82 Å². The second-order valence-corrected chi connectivity index (χ2v) is 5.85. The lowest BCUT2D eigenvalue weighted by Crippen LogP contribution is -2.31. The number of hydrogen-bond donors (Lipinski definition) is 3. The van der Waals surface area contributed by atoms with Crippen LogP contribution in [0.5, 0.6) is 0 Å². The molecule has 2 atom stereocenters. The SMILES string of the molecule is CSC(CO)C(C)Nc1nc(C(=O)O)cc2ccccc12. The van der Waals surface area contributed by atoms with E-state index in [1.807, 2.05) is 37.4 Å². The molecule has 1 aromatic carbocycles. The van der Waals surface area contributed by atoms with Crippen LogP contribution in [0.4, 0.5) is 5.82 Å². The average molecular weight is 306 g/mol. The zero-order chi connectivity index (χ0) is 15.4. The van der Waals surface area contributed by atoms with Gasteiger partial charge in [-0.05, 0) is 24.6 Å². The number of anilines is 1. The van der Waals surface area contributed by atoms with E-state index < -0.39 is 5.97 Å². The Morgan fingerprint density at radius 3 is 2.76 bits per heavy atom. The summed E-state index contributed by atoms with van der Waals surface area (Å²) in [4.78, 5) is 15.4. The van der Waals surface area contributed by atoms with Gasteiger partial charge >= 0.3 is 5.97 Å². The number of carboxylic acid groups (broad SMARTS) is 1. The van der Waals surface area contributed by atoms with Crippen LogP contribution < -0.4 is 5.32 Å². The highest BCUT2D eigenvalue weighted by Crippen LogP contribution is 2.24. The molecule has 3 N–H and O–H groups in total. The third-order valence-corrected chi connectivity index (χ3v) is 4.53. The molecule has 6 heteroatoms. The Labute approximate surface area is 127 Å². The van der Waals surface area contributed by atoms with Crippen molar-refractivity contribution >= 4 is 34.3 Å². The number of nitrogens with one attached hydrogen (secondary N) is 1. The van der Waals surface area contributed by atoms with Crippen molar-refractivity contribution in [2.45, 2.75) is 18.2 Å². The number of pyridine rings is 1. The molecule has 0 aliphatic carbocycles. The van der Waals surface area contributed by atoms with E-state index in [9.17, 15) is 9.90 Å². The van der Waals surface area contributed by atoms with Gasteiger partial charge in [-0.2, -0.15) is 11.8 Å². The van der Waals surface area contributed by atoms with Crippen LogP contribution >= 0.6 is 11.8 Å². The number of nitrogens with zero attached hydrogens (tertiary/aromatic N) is 1. The van der Waals surface area contributed by atoms with Crippen molar-refractivity contribution in [3.8, 4) is 0 Å². The number of aromatic carboxylic acids is 1. The molecule has 0 bridgehead atoms. The fourth-order valence-corrected chi connectivity index (χ4v) is 2.79. The number of benzene rings is 1. The summed E-state index contributed by atoms with van der Waals surface area (Å²) in [5.41, 5.74) is 0.00750. The van der Waals surface area contributed by atoms with Crippen LogP contribution in [0.25, 0.3) is 10.8 Å². The summed E-state index contributed by atoms with van der Waals surface area (Å²) in [6, 6.07) is 9.03. The monoisotopic (exact) mass is 306 g/mol. The fourth-order valence-electron chi connectivity index (χ4n) is 2.16. The van der Waals surface area contributed by atoms with Crippen LogP contribution in [-0.4, -0.2) is 45.3 Å². The van der Waals surface area contributed by atoms with E-state index in [0.29, 0.717) is 5.82 Å². The smallest absolute Gasteiger partial charge is 0.354 e. The highest BCUT2D eigenvalue weighted by Gasteiger charge is 2.18. The summed E-state index contributed by atoms with van der Waals surface area (Å²) >= 11 is 1.56. The molecule has 2 unspecified atom stereocenters. The lowest BCUT2D eigenvalue weighted by atomic mass is 10.1. The van der Waals surface area contributed by atoms with Crippen LogP contribution in [0.3, 0.4) is 0 Å². The zero-order valence-electron chi connectivity index (χ0n) is 11.9. The maximum Gasteiger partial charge on any atom is 0.354 e. The molecule has 0 fully saturated rings. The summed E-state index contributed by atoms with van der Waals surface area (Å²) in [7, 11) is 0. The van der Waals surface area contributed by atoms with Crippen LogP contribution in [0, 0.1) is 0 Å². The van der Waals surface area contributed by atoms with E-state index in [-0.39, 0.29) is 23.6 Å². The minimum absolute atomic E-state index is 0.00750. The van der Waals surface area contributed by atoms with E-state index >= 15 is 0 Å². The molecule has 5 nitrogen and oxygen atoms in total. The summed E-state index contributed by atoms with van der Waals surface area (Å²) < 4.78 is 0. The number of fused-ring (bicyclic) bond motifs is 1. The Bertz CT molecular complexity index is 644. The second kappa shape index (κ2) is 6.78. The maximum atomic E-state index is 11.2. The third kappa shape index (κ3) is 3.46. The molecule has 1 aromatic heterocycles. The van der Waals surface area contributed by atoms with Crippen molar-refractivity contribution in [3.63, 3.8) is 0 Å². The minimum atomic E-state index is -1.06. The summed E-state index contributed by atoms with van der Waals surface area (Å²) in [5.74, 6) is -0.523. The Kier molecular flexibility index (Phi) is 5.03. The van der Waals surface area contributed by atoms with E-state index in [2.05, 4.69) is 10.3 Å². The Morgan fingerprint density at radius 2 is 2.14 bits per heavy atom. The van der Waals surface area contributed by atoms with Gasteiger partial charge in [-0.1, -0.05) is 24.3 Å². The molecule has 0 aliphatic heterocycles. The molecule has 112 valence electrons. The van der Waals surface area contributed by atoms with Gasteiger partial charge in [0.15, 0.2) is 5.69 Å². The Morgan fingerprint density at radius 1 is 1.43 bits per heavy atom. The van der Waals surface area contributed by atoms with Crippen LogP contribution in [0.2, 0.25) is 0 Å². The zero-order valence-corrected chi connectivity index (χ0v) is 12.7. The number of thioether (sulfide) groups is 1. The maximum absolute atomic E-state index is 11.2. The molecule has 0 aliphatic rings. The van der Waals surface area contributed by atoms with Crippen LogP contribution in [0.15, 0.2) is 30.3 Å². The molecule has 2 aromatic rings. The molecule has 0 saturated heterocycles. The first kappa shape index (κ1) is 15.6. The molecule has 0 amide bonds. The number of carbonyl (C=O) groups is 1. The molecular weight excluding hydrogens is 288 g/mol. The largest absolute Gasteiger partial charge is 0.477 e. The quantitative estimate of drug-likeness (QED) is 0.760. The molecule has 0 spiro atoms. The third-order valence-electron chi connectivity index (χ3n) is 3.36. The molecule has 0 saturated carbocycles. The van der Waals surface area contributed by atoms with Gasteiger partial charge in [0.2, 0.25) is 0 Å². The topological polar surface area (TPSA) is 82.5 Å². The van der Waals surface area contributed by atoms with Crippen LogP contribution in [-0.2, 0) is 0 Å². The van der Waals surface area contributed by atoms with Crippen molar-refractivity contribution in [3.05, 3.63) is 36.0 Å². The predicted octanol–water partition coefficient (Wildman–Crippen LogP) is 2.46. The van der Waals surface area contributed by atoms with Crippen LogP contribution in [0.1, 0.15) is 17.4 Å². The Hall–Kier alpha value is -1.79. The van der Waals surface area contributed by atoms with Gasteiger partial charge in [0.25, 0.3) is 0 Å². The fraction of sp³-hybridized carbons (Fsp3) is 0.333. The first-order valence-electron chi connectivity index (χ1n) is 6.60. The van der Waals surface area contributed by atoms with Crippen molar-refractivity contribution in [2.24, 2.45) is 0 Å². The first-order chi connectivity index (χ1) is 10.1.